The highest BCUT2D eigenvalue weighted by Gasteiger charge is 2.29. The molecule has 3 N–H and O–H groups in total. The van der Waals surface area contributed by atoms with Gasteiger partial charge in [-0.05, 0) is 59.8 Å². The summed E-state index contributed by atoms with van der Waals surface area (Å²) < 4.78 is 5.57. The molecular formula is C15H19BrN2O3. The monoisotopic (exact) mass is 354 g/mol. The lowest BCUT2D eigenvalue weighted by atomic mass is 10.1. The van der Waals surface area contributed by atoms with Gasteiger partial charge in [0.05, 0.1) is 17.9 Å². The molecule has 0 aromatic heterocycles. The molecule has 1 unspecified atom stereocenters. The lowest BCUT2D eigenvalue weighted by molar-refractivity contribution is -0.116. The third-order valence-corrected chi connectivity index (χ3v) is 4.06. The van der Waals surface area contributed by atoms with Crippen molar-refractivity contribution in [3.8, 4) is 0 Å². The number of benzene rings is 1. The topological polar surface area (TPSA) is 81.4 Å². The van der Waals surface area contributed by atoms with Crippen molar-refractivity contribution in [1.29, 1.82) is 0 Å². The van der Waals surface area contributed by atoms with Gasteiger partial charge >= 0.3 is 5.97 Å². The third-order valence-electron chi connectivity index (χ3n) is 3.40. The number of ether oxygens (including phenoxy) is 1. The molecule has 1 amide bonds. The summed E-state index contributed by atoms with van der Waals surface area (Å²) in [6.45, 7) is 2.08. The summed E-state index contributed by atoms with van der Waals surface area (Å²) >= 11 is 3.35. The molecule has 0 radical (unpaired) electrons. The Bertz CT molecular complexity index is 544. The number of carbonyl (C=O) groups is 2. The molecule has 114 valence electrons. The summed E-state index contributed by atoms with van der Waals surface area (Å²) in [6, 6.07) is 4.87. The van der Waals surface area contributed by atoms with Gasteiger partial charge in [-0.2, -0.15) is 0 Å². The van der Waals surface area contributed by atoms with E-state index in [-0.39, 0.29) is 17.9 Å². The van der Waals surface area contributed by atoms with Gasteiger partial charge < -0.3 is 15.8 Å². The van der Waals surface area contributed by atoms with Crippen LogP contribution in [0.15, 0.2) is 22.7 Å². The summed E-state index contributed by atoms with van der Waals surface area (Å²) in [4.78, 5) is 23.5. The van der Waals surface area contributed by atoms with Gasteiger partial charge in [0.25, 0.3) is 0 Å². The number of halogens is 1. The Labute approximate surface area is 132 Å². The second-order valence-corrected chi connectivity index (χ2v) is 6.02. The fourth-order valence-corrected chi connectivity index (χ4v) is 2.54. The number of amides is 1. The molecule has 1 aromatic rings. The Morgan fingerprint density at radius 3 is 2.76 bits per heavy atom. The maximum absolute atomic E-state index is 11.9. The van der Waals surface area contributed by atoms with Gasteiger partial charge in [-0.3, -0.25) is 4.79 Å². The fraction of sp³-hybridized carbons (Fsp3) is 0.467. The highest BCUT2D eigenvalue weighted by Crippen LogP contribution is 2.33. The molecule has 1 aromatic carbocycles. The van der Waals surface area contributed by atoms with Crippen LogP contribution in [0.2, 0.25) is 0 Å². The van der Waals surface area contributed by atoms with E-state index in [4.69, 9.17) is 10.5 Å². The fourth-order valence-electron chi connectivity index (χ4n) is 2.06. The number of hydrogen-bond donors (Lipinski definition) is 2. The van der Waals surface area contributed by atoms with E-state index in [0.29, 0.717) is 34.7 Å². The standard InChI is InChI=1S/C15H19BrN2O3/c1-2-21-15(20)10-5-6-13(11(16)7-10)18-14(19)8-12(17)9-3-4-9/h5-7,9,12H,2-4,8,17H2,1H3,(H,18,19). The Morgan fingerprint density at radius 1 is 1.48 bits per heavy atom. The molecule has 0 saturated heterocycles. The minimum absolute atomic E-state index is 0.0671. The average molecular weight is 355 g/mol. The normalized spacial score (nSPS) is 15.4. The maximum atomic E-state index is 11.9. The number of anilines is 1. The van der Waals surface area contributed by atoms with Crippen LogP contribution in [0.1, 0.15) is 36.5 Å². The van der Waals surface area contributed by atoms with Gasteiger partial charge in [-0.25, -0.2) is 4.79 Å². The van der Waals surface area contributed by atoms with Crippen molar-refractivity contribution >= 4 is 33.5 Å². The predicted octanol–water partition coefficient (Wildman–Crippen LogP) is 2.69. The van der Waals surface area contributed by atoms with E-state index in [1.54, 1.807) is 25.1 Å². The minimum Gasteiger partial charge on any atom is -0.462 e. The van der Waals surface area contributed by atoms with Gasteiger partial charge in [-0.15, -0.1) is 0 Å². The zero-order valence-electron chi connectivity index (χ0n) is 11.9. The number of nitrogens with two attached hydrogens (primary N) is 1. The van der Waals surface area contributed by atoms with Crippen LogP contribution in [0.25, 0.3) is 0 Å². The third kappa shape index (κ3) is 4.54. The van der Waals surface area contributed by atoms with Crippen LogP contribution in [0.3, 0.4) is 0 Å². The molecule has 1 aliphatic carbocycles. The zero-order valence-corrected chi connectivity index (χ0v) is 13.5. The predicted molar refractivity (Wildman–Crippen MR) is 84.0 cm³/mol. The van der Waals surface area contributed by atoms with Crippen molar-refractivity contribution in [3.05, 3.63) is 28.2 Å². The van der Waals surface area contributed by atoms with Crippen molar-refractivity contribution in [2.24, 2.45) is 11.7 Å². The second kappa shape index (κ2) is 7.04. The zero-order chi connectivity index (χ0) is 15.4. The Morgan fingerprint density at radius 2 is 2.19 bits per heavy atom. The minimum atomic E-state index is -0.383. The van der Waals surface area contributed by atoms with Gasteiger partial charge in [-0.1, -0.05) is 0 Å². The van der Waals surface area contributed by atoms with Gasteiger partial charge in [0.2, 0.25) is 5.91 Å². The van der Waals surface area contributed by atoms with E-state index >= 15 is 0 Å². The van der Waals surface area contributed by atoms with Crippen LogP contribution in [0.5, 0.6) is 0 Å². The molecule has 5 nitrogen and oxygen atoms in total. The lowest BCUT2D eigenvalue weighted by Crippen LogP contribution is -2.28. The maximum Gasteiger partial charge on any atom is 0.338 e. The molecule has 1 atom stereocenters. The molecule has 0 heterocycles. The van der Waals surface area contributed by atoms with E-state index < -0.39 is 0 Å². The number of hydrogen-bond acceptors (Lipinski definition) is 4. The first-order valence-electron chi connectivity index (χ1n) is 7.03. The van der Waals surface area contributed by atoms with E-state index in [1.165, 1.54) is 0 Å². The average Bonchev–Trinajstić information content (AvgIpc) is 3.25. The van der Waals surface area contributed by atoms with E-state index in [1.807, 2.05) is 0 Å². The van der Waals surface area contributed by atoms with Crippen molar-refractivity contribution in [3.63, 3.8) is 0 Å². The first-order chi connectivity index (χ1) is 10.0. The van der Waals surface area contributed by atoms with Crippen molar-refractivity contribution in [2.75, 3.05) is 11.9 Å². The first kappa shape index (κ1) is 16.0. The molecule has 6 heteroatoms. The van der Waals surface area contributed by atoms with Crippen molar-refractivity contribution in [1.82, 2.24) is 0 Å². The smallest absolute Gasteiger partial charge is 0.338 e. The van der Waals surface area contributed by atoms with Crippen LogP contribution in [0.4, 0.5) is 5.69 Å². The molecule has 0 spiro atoms. The highest BCUT2D eigenvalue weighted by atomic mass is 79.9. The summed E-state index contributed by atoms with van der Waals surface area (Å²) in [7, 11) is 0. The number of esters is 1. The Balaban J connectivity index is 1.96. The molecule has 1 saturated carbocycles. The van der Waals surface area contributed by atoms with Gasteiger partial charge in [0.15, 0.2) is 0 Å². The molecule has 0 bridgehead atoms. The van der Waals surface area contributed by atoms with Crippen LogP contribution in [0, 0.1) is 5.92 Å². The molecule has 2 rings (SSSR count). The molecule has 1 fully saturated rings. The number of carbonyl (C=O) groups excluding carboxylic acids is 2. The van der Waals surface area contributed by atoms with Crippen LogP contribution < -0.4 is 11.1 Å². The SMILES string of the molecule is CCOC(=O)c1ccc(NC(=O)CC(N)C2CC2)c(Br)c1. The van der Waals surface area contributed by atoms with E-state index in [9.17, 15) is 9.59 Å². The van der Waals surface area contributed by atoms with Crippen LogP contribution in [-0.4, -0.2) is 24.5 Å². The summed E-state index contributed by atoms with van der Waals surface area (Å²) in [6.07, 6.45) is 2.55. The number of rotatable bonds is 6. The molecule has 0 aliphatic heterocycles. The van der Waals surface area contributed by atoms with E-state index in [0.717, 1.165) is 12.8 Å². The van der Waals surface area contributed by atoms with Gasteiger partial charge in [0.1, 0.15) is 0 Å². The van der Waals surface area contributed by atoms with Crippen LogP contribution >= 0.6 is 15.9 Å². The summed E-state index contributed by atoms with van der Waals surface area (Å²) in [5.74, 6) is -0.00352. The first-order valence-corrected chi connectivity index (χ1v) is 7.82. The van der Waals surface area contributed by atoms with Crippen molar-refractivity contribution < 1.29 is 14.3 Å². The quantitative estimate of drug-likeness (QED) is 0.769. The van der Waals surface area contributed by atoms with Crippen LogP contribution in [-0.2, 0) is 9.53 Å². The largest absolute Gasteiger partial charge is 0.462 e. The highest BCUT2D eigenvalue weighted by molar-refractivity contribution is 9.10. The van der Waals surface area contributed by atoms with E-state index in [2.05, 4.69) is 21.2 Å². The molecule has 1 aliphatic rings. The second-order valence-electron chi connectivity index (χ2n) is 5.17. The summed E-state index contributed by atoms with van der Waals surface area (Å²) in [5.41, 5.74) is 7.00. The Hall–Kier alpha value is -1.40. The van der Waals surface area contributed by atoms with Gasteiger partial charge in [0, 0.05) is 16.9 Å². The number of nitrogens with one attached hydrogen (secondary N) is 1. The van der Waals surface area contributed by atoms with Crippen molar-refractivity contribution in [2.45, 2.75) is 32.2 Å². The Kier molecular flexibility index (Phi) is 5.36. The molecular weight excluding hydrogens is 336 g/mol. The molecule has 21 heavy (non-hydrogen) atoms. The lowest BCUT2D eigenvalue weighted by Gasteiger charge is -2.12. The summed E-state index contributed by atoms with van der Waals surface area (Å²) in [5, 5.41) is 2.80.